The number of hydrogen-bond donors (Lipinski definition) is 0. The van der Waals surface area contributed by atoms with Gasteiger partial charge in [-0.1, -0.05) is 30.3 Å². The zero-order valence-electron chi connectivity index (χ0n) is 20.6. The van der Waals surface area contributed by atoms with Gasteiger partial charge in [0, 0.05) is 24.6 Å². The van der Waals surface area contributed by atoms with Gasteiger partial charge in [-0.2, -0.15) is 5.10 Å². The fourth-order valence-corrected chi connectivity index (χ4v) is 4.79. The number of methoxy groups -OCH3 is 2. The van der Waals surface area contributed by atoms with Gasteiger partial charge in [0.25, 0.3) is 5.91 Å². The number of carbonyl (C=O) groups is 2. The molecule has 2 aliphatic heterocycles. The maximum absolute atomic E-state index is 13.5. The molecule has 2 heterocycles. The van der Waals surface area contributed by atoms with E-state index in [1.165, 1.54) is 0 Å². The Morgan fingerprint density at radius 1 is 1.09 bits per heavy atom. The number of hydrazone groups is 1. The molecule has 0 spiro atoms. The molecule has 1 fully saturated rings. The molecule has 8 heteroatoms. The molecule has 2 aromatic carbocycles. The topological polar surface area (TPSA) is 80.7 Å². The first-order valence-corrected chi connectivity index (χ1v) is 12.1. The van der Waals surface area contributed by atoms with Crippen molar-refractivity contribution in [3.05, 3.63) is 59.7 Å². The van der Waals surface area contributed by atoms with Crippen LogP contribution in [0.4, 0.5) is 0 Å². The molecule has 0 unspecified atom stereocenters. The molecule has 4 rings (SSSR count). The van der Waals surface area contributed by atoms with Gasteiger partial charge >= 0.3 is 5.97 Å². The highest BCUT2D eigenvalue weighted by atomic mass is 16.5. The second-order valence-electron chi connectivity index (χ2n) is 8.81. The van der Waals surface area contributed by atoms with Crippen LogP contribution in [0.15, 0.2) is 53.6 Å². The fourth-order valence-electron chi connectivity index (χ4n) is 4.79. The summed E-state index contributed by atoms with van der Waals surface area (Å²) < 4.78 is 16.1. The third kappa shape index (κ3) is 5.65. The molecule has 2 atom stereocenters. The number of ether oxygens (including phenoxy) is 3. The van der Waals surface area contributed by atoms with E-state index in [0.29, 0.717) is 31.1 Å². The van der Waals surface area contributed by atoms with Crippen molar-refractivity contribution in [1.29, 1.82) is 0 Å². The SMILES string of the molecule is CCOC(=O)[C@H]1CCCN(CC(=O)N2N=C(c3ccc(OC)cc3OC)C[C@H]2c2ccccc2)C1. The van der Waals surface area contributed by atoms with Crippen molar-refractivity contribution in [2.24, 2.45) is 11.0 Å². The molecular weight excluding hydrogens is 446 g/mol. The van der Waals surface area contributed by atoms with Crippen LogP contribution in [0.25, 0.3) is 0 Å². The highest BCUT2D eigenvalue weighted by molar-refractivity contribution is 6.05. The average Bonchev–Trinajstić information content (AvgIpc) is 3.34. The molecule has 1 amide bonds. The quantitative estimate of drug-likeness (QED) is 0.538. The molecule has 186 valence electrons. The Morgan fingerprint density at radius 3 is 2.60 bits per heavy atom. The van der Waals surface area contributed by atoms with Gasteiger partial charge in [0.05, 0.1) is 45.0 Å². The second kappa shape index (κ2) is 11.4. The molecule has 2 aromatic rings. The van der Waals surface area contributed by atoms with Crippen LogP contribution in [-0.4, -0.2) is 68.0 Å². The Morgan fingerprint density at radius 2 is 1.89 bits per heavy atom. The molecule has 35 heavy (non-hydrogen) atoms. The van der Waals surface area contributed by atoms with Crippen LogP contribution >= 0.6 is 0 Å². The monoisotopic (exact) mass is 479 g/mol. The lowest BCUT2D eigenvalue weighted by Gasteiger charge is -2.32. The Balaban J connectivity index is 1.57. The Labute approximate surface area is 206 Å². The van der Waals surface area contributed by atoms with Crippen LogP contribution in [0.2, 0.25) is 0 Å². The molecule has 0 aromatic heterocycles. The Bertz CT molecular complexity index is 1070. The van der Waals surface area contributed by atoms with E-state index in [1.54, 1.807) is 19.2 Å². The van der Waals surface area contributed by atoms with Crippen LogP contribution in [0.5, 0.6) is 11.5 Å². The van der Waals surface area contributed by atoms with E-state index in [0.717, 1.165) is 36.2 Å². The van der Waals surface area contributed by atoms with Gasteiger partial charge < -0.3 is 14.2 Å². The average molecular weight is 480 g/mol. The zero-order chi connectivity index (χ0) is 24.8. The summed E-state index contributed by atoms with van der Waals surface area (Å²) >= 11 is 0. The lowest BCUT2D eigenvalue weighted by atomic mass is 9.97. The van der Waals surface area contributed by atoms with E-state index in [1.807, 2.05) is 60.4 Å². The van der Waals surface area contributed by atoms with Crippen LogP contribution < -0.4 is 9.47 Å². The molecule has 0 radical (unpaired) electrons. The minimum Gasteiger partial charge on any atom is -0.497 e. The van der Waals surface area contributed by atoms with Crippen LogP contribution in [0.3, 0.4) is 0 Å². The van der Waals surface area contributed by atoms with E-state index in [4.69, 9.17) is 19.3 Å². The van der Waals surface area contributed by atoms with Crippen molar-refractivity contribution in [3.63, 3.8) is 0 Å². The predicted octanol–water partition coefficient (Wildman–Crippen LogP) is 3.66. The number of benzene rings is 2. The maximum atomic E-state index is 13.5. The minimum absolute atomic E-state index is 0.0918. The summed E-state index contributed by atoms with van der Waals surface area (Å²) in [5.74, 6) is 0.879. The molecule has 0 saturated carbocycles. The van der Waals surface area contributed by atoms with Gasteiger partial charge in [0.1, 0.15) is 11.5 Å². The highest BCUT2D eigenvalue weighted by Gasteiger charge is 2.36. The Kier molecular flexibility index (Phi) is 8.02. The van der Waals surface area contributed by atoms with Crippen molar-refractivity contribution >= 4 is 17.6 Å². The largest absolute Gasteiger partial charge is 0.497 e. The van der Waals surface area contributed by atoms with E-state index in [-0.39, 0.29) is 30.4 Å². The van der Waals surface area contributed by atoms with Gasteiger partial charge in [-0.05, 0) is 44.0 Å². The van der Waals surface area contributed by atoms with Gasteiger partial charge in [0.2, 0.25) is 0 Å². The molecule has 0 bridgehead atoms. The van der Waals surface area contributed by atoms with E-state index in [9.17, 15) is 9.59 Å². The first kappa shape index (κ1) is 24.7. The molecule has 2 aliphatic rings. The highest BCUT2D eigenvalue weighted by Crippen LogP contribution is 2.36. The van der Waals surface area contributed by atoms with Crippen LogP contribution in [0, 0.1) is 5.92 Å². The molecular formula is C27H33N3O5. The van der Waals surface area contributed by atoms with Crippen molar-refractivity contribution in [3.8, 4) is 11.5 Å². The van der Waals surface area contributed by atoms with Crippen molar-refractivity contribution < 1.29 is 23.8 Å². The standard InChI is InChI=1S/C27H33N3O5/c1-4-35-27(32)20-11-8-14-29(17-20)18-26(31)30-24(19-9-6-5-7-10-19)16-23(28-30)22-13-12-21(33-2)15-25(22)34-3/h5-7,9-10,12-13,15,20,24H,4,8,11,14,16-18H2,1-3H3/t20-,24-/m0/s1. The summed E-state index contributed by atoms with van der Waals surface area (Å²) in [6.07, 6.45) is 2.22. The summed E-state index contributed by atoms with van der Waals surface area (Å²) in [6.45, 7) is 3.68. The maximum Gasteiger partial charge on any atom is 0.310 e. The minimum atomic E-state index is -0.212. The van der Waals surface area contributed by atoms with E-state index >= 15 is 0 Å². The molecule has 8 nitrogen and oxygen atoms in total. The van der Waals surface area contributed by atoms with Crippen LogP contribution in [0.1, 0.15) is 43.4 Å². The summed E-state index contributed by atoms with van der Waals surface area (Å²) in [6, 6.07) is 15.3. The van der Waals surface area contributed by atoms with Crippen molar-refractivity contribution in [1.82, 2.24) is 9.91 Å². The zero-order valence-corrected chi connectivity index (χ0v) is 20.6. The summed E-state index contributed by atoms with van der Waals surface area (Å²) in [5.41, 5.74) is 2.65. The van der Waals surface area contributed by atoms with E-state index < -0.39 is 0 Å². The number of nitrogens with zero attached hydrogens (tertiary/aromatic N) is 3. The van der Waals surface area contributed by atoms with Crippen LogP contribution in [-0.2, 0) is 14.3 Å². The summed E-state index contributed by atoms with van der Waals surface area (Å²) in [5, 5.41) is 6.39. The Hall–Kier alpha value is -3.39. The normalized spacial score (nSPS) is 20.3. The number of esters is 1. The van der Waals surface area contributed by atoms with Gasteiger partial charge in [-0.15, -0.1) is 0 Å². The summed E-state index contributed by atoms with van der Waals surface area (Å²) in [4.78, 5) is 27.8. The number of hydrogen-bond acceptors (Lipinski definition) is 7. The van der Waals surface area contributed by atoms with Gasteiger partial charge in [-0.25, -0.2) is 5.01 Å². The first-order valence-electron chi connectivity index (χ1n) is 12.1. The number of amides is 1. The lowest BCUT2D eigenvalue weighted by Crippen LogP contribution is -2.44. The number of likely N-dealkylation sites (tertiary alicyclic amines) is 1. The van der Waals surface area contributed by atoms with Crippen molar-refractivity contribution in [2.75, 3.05) is 40.5 Å². The van der Waals surface area contributed by atoms with E-state index in [2.05, 4.69) is 0 Å². The van der Waals surface area contributed by atoms with Gasteiger partial charge in [-0.3, -0.25) is 14.5 Å². The first-order chi connectivity index (χ1) is 17.0. The summed E-state index contributed by atoms with van der Waals surface area (Å²) in [7, 11) is 3.22. The third-order valence-corrected chi connectivity index (χ3v) is 6.55. The second-order valence-corrected chi connectivity index (χ2v) is 8.81. The number of piperidine rings is 1. The van der Waals surface area contributed by atoms with Gasteiger partial charge in [0.15, 0.2) is 0 Å². The molecule has 0 aliphatic carbocycles. The molecule has 1 saturated heterocycles. The van der Waals surface area contributed by atoms with Crippen molar-refractivity contribution in [2.45, 2.75) is 32.2 Å². The number of rotatable bonds is 8. The lowest BCUT2D eigenvalue weighted by molar-refractivity contribution is -0.150. The fraction of sp³-hybridized carbons (Fsp3) is 0.444. The number of carbonyl (C=O) groups excluding carboxylic acids is 2. The third-order valence-electron chi connectivity index (χ3n) is 6.55. The predicted molar refractivity (Wildman–Crippen MR) is 133 cm³/mol. The smallest absolute Gasteiger partial charge is 0.310 e. The molecule has 0 N–H and O–H groups in total.